The molecule has 0 amide bonds. The molecule has 0 fully saturated rings. The summed E-state index contributed by atoms with van der Waals surface area (Å²) in [4.78, 5) is 5.33. The Kier molecular flexibility index (Phi) is 5.21. The lowest BCUT2D eigenvalue weighted by Crippen LogP contribution is -2.09. The number of nitrogen functional groups attached to an aromatic ring is 1. The SMILES string of the molecule is CSc1sc(C(=N)N)cc1S(=O)(=O)c1cc(-c2ccccc2C)c2ncn(C)c2c1. The van der Waals surface area contributed by atoms with Crippen LogP contribution in [-0.2, 0) is 16.9 Å². The van der Waals surface area contributed by atoms with E-state index in [2.05, 4.69) is 4.98 Å². The molecular weight excluding hydrogens is 436 g/mol. The zero-order valence-electron chi connectivity index (χ0n) is 16.6. The van der Waals surface area contributed by atoms with Gasteiger partial charge in [0.1, 0.15) is 5.84 Å². The number of sulfone groups is 1. The second-order valence-corrected chi connectivity index (χ2v) is 10.9. The zero-order valence-corrected chi connectivity index (χ0v) is 19.1. The molecule has 3 N–H and O–H groups in total. The van der Waals surface area contributed by atoms with Crippen molar-refractivity contribution in [1.29, 1.82) is 5.41 Å². The third-order valence-electron chi connectivity index (χ3n) is 4.96. The molecule has 0 saturated heterocycles. The second kappa shape index (κ2) is 7.57. The van der Waals surface area contributed by atoms with Crippen LogP contribution >= 0.6 is 23.1 Å². The normalized spacial score (nSPS) is 11.8. The highest BCUT2D eigenvalue weighted by Crippen LogP contribution is 2.39. The molecule has 4 aromatic rings. The van der Waals surface area contributed by atoms with Crippen LogP contribution < -0.4 is 5.73 Å². The molecule has 0 aliphatic carbocycles. The number of nitrogens with two attached hydrogens (primary N) is 1. The number of hydrogen-bond donors (Lipinski definition) is 2. The van der Waals surface area contributed by atoms with E-state index < -0.39 is 9.84 Å². The molecule has 0 aliphatic heterocycles. The maximum absolute atomic E-state index is 13.6. The van der Waals surface area contributed by atoms with Crippen molar-refractivity contribution in [2.75, 3.05) is 6.26 Å². The molecule has 0 unspecified atom stereocenters. The first-order valence-electron chi connectivity index (χ1n) is 9.02. The Balaban J connectivity index is 2.01. The van der Waals surface area contributed by atoms with E-state index in [1.165, 1.54) is 29.2 Å². The Hall–Kier alpha value is -2.62. The van der Waals surface area contributed by atoms with E-state index in [9.17, 15) is 8.42 Å². The van der Waals surface area contributed by atoms with E-state index in [0.29, 0.717) is 9.09 Å². The van der Waals surface area contributed by atoms with Crippen LogP contribution in [0.5, 0.6) is 0 Å². The van der Waals surface area contributed by atoms with Gasteiger partial charge < -0.3 is 10.3 Å². The number of thioether (sulfide) groups is 1. The largest absolute Gasteiger partial charge is 0.383 e. The summed E-state index contributed by atoms with van der Waals surface area (Å²) in [5.41, 5.74) is 9.86. The Morgan fingerprint density at radius 1 is 1.20 bits per heavy atom. The van der Waals surface area contributed by atoms with Gasteiger partial charge in [0.05, 0.1) is 36.2 Å². The van der Waals surface area contributed by atoms with Crippen LogP contribution in [0.15, 0.2) is 62.8 Å². The summed E-state index contributed by atoms with van der Waals surface area (Å²) in [6.07, 6.45) is 3.51. The van der Waals surface area contributed by atoms with Gasteiger partial charge in [0.15, 0.2) is 0 Å². The monoisotopic (exact) mass is 456 g/mol. The van der Waals surface area contributed by atoms with Crippen LogP contribution in [0.1, 0.15) is 10.4 Å². The number of hydrogen-bond acceptors (Lipinski definition) is 6. The third kappa shape index (κ3) is 3.32. The van der Waals surface area contributed by atoms with Crippen molar-refractivity contribution in [3.8, 4) is 11.1 Å². The molecule has 9 heteroatoms. The molecule has 2 aromatic carbocycles. The second-order valence-electron chi connectivity index (χ2n) is 6.89. The highest BCUT2D eigenvalue weighted by molar-refractivity contribution is 8.01. The van der Waals surface area contributed by atoms with Crippen molar-refractivity contribution in [1.82, 2.24) is 9.55 Å². The number of benzene rings is 2. The third-order valence-corrected chi connectivity index (χ3v) is 9.27. The van der Waals surface area contributed by atoms with Crippen LogP contribution in [0, 0.1) is 12.3 Å². The Morgan fingerprint density at radius 3 is 2.60 bits per heavy atom. The van der Waals surface area contributed by atoms with Crippen LogP contribution in [0.4, 0.5) is 0 Å². The van der Waals surface area contributed by atoms with Gasteiger partial charge in [0, 0.05) is 12.6 Å². The fourth-order valence-corrected chi connectivity index (χ4v) is 7.29. The van der Waals surface area contributed by atoms with Crippen molar-refractivity contribution < 1.29 is 8.42 Å². The molecule has 0 atom stereocenters. The molecule has 0 aliphatic rings. The quantitative estimate of drug-likeness (QED) is 0.262. The number of fused-ring (bicyclic) bond motifs is 1. The van der Waals surface area contributed by atoms with E-state index in [1.807, 2.05) is 49.1 Å². The standard InChI is InChI=1S/C21H20N4O2S3/c1-12-6-4-5-7-14(12)15-8-13(9-16-19(15)24-11-25(16)2)30(26,27)18-10-17(20(22)23)29-21(18)28-3/h4-11H,1-3H3,(H3,22,23). The first kappa shape index (κ1) is 20.6. The number of rotatable bonds is 5. The summed E-state index contributed by atoms with van der Waals surface area (Å²) in [7, 11) is -1.98. The van der Waals surface area contributed by atoms with E-state index in [0.717, 1.165) is 27.7 Å². The molecule has 0 radical (unpaired) electrons. The Morgan fingerprint density at radius 2 is 1.93 bits per heavy atom. The number of nitrogens with zero attached hydrogens (tertiary/aromatic N) is 2. The van der Waals surface area contributed by atoms with Crippen molar-refractivity contribution in [3.05, 3.63) is 59.2 Å². The highest BCUT2D eigenvalue weighted by Gasteiger charge is 2.27. The number of nitrogens with one attached hydrogen (secondary N) is 1. The number of thiophene rings is 1. The number of aromatic nitrogens is 2. The van der Waals surface area contributed by atoms with Crippen molar-refractivity contribution >= 4 is 49.8 Å². The minimum Gasteiger partial charge on any atom is -0.383 e. The summed E-state index contributed by atoms with van der Waals surface area (Å²) in [5, 5.41) is 7.69. The molecular formula is C21H20N4O2S3. The first-order chi connectivity index (χ1) is 14.2. The summed E-state index contributed by atoms with van der Waals surface area (Å²) < 4.78 is 29.7. The van der Waals surface area contributed by atoms with Crippen molar-refractivity contribution in [2.45, 2.75) is 20.9 Å². The smallest absolute Gasteiger partial charge is 0.208 e. The van der Waals surface area contributed by atoms with Crippen LogP contribution in [-0.4, -0.2) is 30.1 Å². The highest BCUT2D eigenvalue weighted by atomic mass is 32.2. The van der Waals surface area contributed by atoms with Gasteiger partial charge in [-0.15, -0.1) is 23.1 Å². The molecule has 30 heavy (non-hydrogen) atoms. The topological polar surface area (TPSA) is 102 Å². The van der Waals surface area contributed by atoms with E-state index >= 15 is 0 Å². The van der Waals surface area contributed by atoms with Gasteiger partial charge in [0.2, 0.25) is 9.84 Å². The molecule has 0 bridgehead atoms. The fraction of sp³-hybridized carbons (Fsp3) is 0.143. The van der Waals surface area contributed by atoms with Crippen molar-refractivity contribution in [3.63, 3.8) is 0 Å². The Bertz CT molecular complexity index is 1400. The maximum atomic E-state index is 13.6. The molecule has 2 heterocycles. The van der Waals surface area contributed by atoms with Crippen LogP contribution in [0.25, 0.3) is 22.2 Å². The van der Waals surface area contributed by atoms with Gasteiger partial charge in [-0.2, -0.15) is 0 Å². The average Bonchev–Trinajstić information content (AvgIpc) is 3.32. The minimum atomic E-state index is -3.83. The predicted molar refractivity (Wildman–Crippen MR) is 123 cm³/mol. The van der Waals surface area contributed by atoms with Gasteiger partial charge in [-0.05, 0) is 42.5 Å². The van der Waals surface area contributed by atoms with E-state index in [-0.39, 0.29) is 15.6 Å². The summed E-state index contributed by atoms with van der Waals surface area (Å²) in [6.45, 7) is 2.00. The molecule has 4 rings (SSSR count). The lowest BCUT2D eigenvalue weighted by molar-refractivity contribution is 0.595. The van der Waals surface area contributed by atoms with Crippen LogP contribution in [0.2, 0.25) is 0 Å². The summed E-state index contributed by atoms with van der Waals surface area (Å²) in [5.74, 6) is -0.139. The van der Waals surface area contributed by atoms with Gasteiger partial charge in [-0.1, -0.05) is 24.3 Å². The van der Waals surface area contributed by atoms with Gasteiger partial charge >= 0.3 is 0 Å². The summed E-state index contributed by atoms with van der Waals surface area (Å²) in [6, 6.07) is 12.7. The maximum Gasteiger partial charge on any atom is 0.208 e. The number of imidazole rings is 1. The molecule has 6 nitrogen and oxygen atoms in total. The average molecular weight is 457 g/mol. The minimum absolute atomic E-state index is 0.139. The number of aryl methyl sites for hydroxylation is 2. The Labute approximate surface area is 183 Å². The molecule has 154 valence electrons. The van der Waals surface area contributed by atoms with Gasteiger partial charge in [-0.3, -0.25) is 5.41 Å². The zero-order chi connectivity index (χ0) is 21.6. The van der Waals surface area contributed by atoms with Gasteiger partial charge in [0.25, 0.3) is 0 Å². The van der Waals surface area contributed by atoms with E-state index in [4.69, 9.17) is 11.1 Å². The molecule has 0 spiro atoms. The lowest BCUT2D eigenvalue weighted by Gasteiger charge is -2.11. The van der Waals surface area contributed by atoms with E-state index in [1.54, 1.807) is 18.5 Å². The lowest BCUT2D eigenvalue weighted by atomic mass is 9.99. The van der Waals surface area contributed by atoms with Gasteiger partial charge in [-0.25, -0.2) is 13.4 Å². The molecule has 0 saturated carbocycles. The predicted octanol–water partition coefficient (Wildman–Crippen LogP) is 4.45. The first-order valence-corrected chi connectivity index (χ1v) is 12.5. The molecule has 2 aromatic heterocycles. The van der Waals surface area contributed by atoms with Crippen LogP contribution in [0.3, 0.4) is 0 Å². The summed E-state index contributed by atoms with van der Waals surface area (Å²) >= 11 is 2.55. The van der Waals surface area contributed by atoms with Crippen molar-refractivity contribution in [2.24, 2.45) is 12.8 Å². The number of amidine groups is 1. The fourth-order valence-electron chi connectivity index (χ4n) is 3.39.